The largest absolute Gasteiger partial charge is 0.338 e. The summed E-state index contributed by atoms with van der Waals surface area (Å²) in [5, 5.41) is -0.0942. The number of sulfonamides is 1. The van der Waals surface area contributed by atoms with E-state index in [1.165, 1.54) is 6.33 Å². The Labute approximate surface area is 229 Å². The molecule has 4 heterocycles. The number of likely N-dealkylation sites (tertiary alicyclic amines) is 1. The van der Waals surface area contributed by atoms with Gasteiger partial charge in [0.1, 0.15) is 6.33 Å². The molecule has 2 atom stereocenters. The minimum absolute atomic E-state index is 0.0685. The van der Waals surface area contributed by atoms with Crippen molar-refractivity contribution < 1.29 is 13.2 Å². The number of hydrogen-bond donors (Lipinski definition) is 0. The number of carbonyl (C=O) groups excluding carboxylic acids is 1. The number of aryl methyl sites for hydroxylation is 2. The molecule has 3 aliphatic heterocycles. The van der Waals surface area contributed by atoms with Crippen molar-refractivity contribution in [2.75, 3.05) is 52.4 Å². The number of rotatable bonds is 6. The van der Waals surface area contributed by atoms with Crippen molar-refractivity contribution in [1.82, 2.24) is 29.0 Å². The van der Waals surface area contributed by atoms with Gasteiger partial charge in [-0.2, -0.15) is 0 Å². The lowest BCUT2D eigenvalue weighted by atomic mass is 9.89. The van der Waals surface area contributed by atoms with Gasteiger partial charge in [0.15, 0.2) is 0 Å². The predicted octanol–water partition coefficient (Wildman–Crippen LogP) is 2.69. The number of piperidine rings is 1. The SMILES string of the molecule is Cc1ncnc(C)c1C(=O)N1CCCC(C)(N2CCN(CC3CCN(S(=O)(=O)C4CC4)CC3)[C@@H](C)C2)CC1. The zero-order chi connectivity index (χ0) is 27.1. The highest BCUT2D eigenvalue weighted by Crippen LogP contribution is 2.34. The molecule has 5 rings (SSSR count). The van der Waals surface area contributed by atoms with E-state index < -0.39 is 10.0 Å². The van der Waals surface area contributed by atoms with Crippen molar-refractivity contribution in [1.29, 1.82) is 0 Å². The molecule has 9 nitrogen and oxygen atoms in total. The van der Waals surface area contributed by atoms with E-state index in [1.807, 2.05) is 18.7 Å². The van der Waals surface area contributed by atoms with Crippen molar-refractivity contribution in [2.45, 2.75) is 89.5 Å². The molecule has 1 unspecified atom stereocenters. The molecule has 10 heteroatoms. The quantitative estimate of drug-likeness (QED) is 0.542. The third-order valence-corrected chi connectivity index (χ3v) is 12.1. The van der Waals surface area contributed by atoms with Crippen LogP contribution in [-0.2, 0) is 10.0 Å². The van der Waals surface area contributed by atoms with Gasteiger partial charge in [0.05, 0.1) is 22.2 Å². The second-order valence-corrected chi connectivity index (χ2v) is 14.7. The molecule has 1 aromatic rings. The van der Waals surface area contributed by atoms with Gasteiger partial charge in [-0.15, -0.1) is 0 Å². The highest BCUT2D eigenvalue weighted by molar-refractivity contribution is 7.90. The topological polar surface area (TPSA) is 90.0 Å². The Balaban J connectivity index is 1.12. The standard InChI is InChI=1S/C28H46N6O3S/c1-21-18-33(17-16-32(21)19-24-8-13-34(14-9-24)38(36,37)25-6-7-25)28(4)10-5-12-31(15-11-28)27(35)26-22(2)29-20-30-23(26)3/h20-21,24-25H,5-19H2,1-4H3/t21-,28?/m0/s1. The van der Waals surface area contributed by atoms with Crippen LogP contribution < -0.4 is 0 Å². The Morgan fingerprint density at radius 2 is 1.66 bits per heavy atom. The molecule has 1 amide bonds. The van der Waals surface area contributed by atoms with Crippen LogP contribution in [0.1, 0.15) is 80.5 Å². The summed E-state index contributed by atoms with van der Waals surface area (Å²) in [6.45, 7) is 15.7. The fraction of sp³-hybridized carbons (Fsp3) is 0.821. The number of hydrogen-bond acceptors (Lipinski definition) is 7. The Hall–Kier alpha value is -1.62. The minimum atomic E-state index is -3.03. The van der Waals surface area contributed by atoms with Crippen LogP contribution in [0.15, 0.2) is 6.33 Å². The summed E-state index contributed by atoms with van der Waals surface area (Å²) in [5.41, 5.74) is 2.27. The summed E-state index contributed by atoms with van der Waals surface area (Å²) in [4.78, 5) is 29.2. The molecule has 1 aliphatic carbocycles. The van der Waals surface area contributed by atoms with Gasteiger partial charge >= 0.3 is 0 Å². The van der Waals surface area contributed by atoms with Crippen molar-refractivity contribution in [3.8, 4) is 0 Å². The lowest BCUT2D eigenvalue weighted by molar-refractivity contribution is -0.00272. The van der Waals surface area contributed by atoms with E-state index in [1.54, 1.807) is 4.31 Å². The Bertz CT molecular complexity index is 1100. The second-order valence-electron chi connectivity index (χ2n) is 12.4. The van der Waals surface area contributed by atoms with Gasteiger partial charge in [-0.05, 0) is 78.6 Å². The minimum Gasteiger partial charge on any atom is -0.338 e. The molecule has 0 N–H and O–H groups in total. The van der Waals surface area contributed by atoms with Crippen LogP contribution in [0.5, 0.6) is 0 Å². The molecule has 4 fully saturated rings. The molecule has 4 aliphatic rings. The monoisotopic (exact) mass is 546 g/mol. The predicted molar refractivity (Wildman–Crippen MR) is 149 cm³/mol. The average Bonchev–Trinajstić information content (AvgIpc) is 3.74. The summed E-state index contributed by atoms with van der Waals surface area (Å²) in [5.74, 6) is 0.649. The lowest BCUT2D eigenvalue weighted by Crippen LogP contribution is -2.60. The van der Waals surface area contributed by atoms with Crippen molar-refractivity contribution in [2.24, 2.45) is 5.92 Å². The van der Waals surface area contributed by atoms with Gasteiger partial charge in [-0.3, -0.25) is 14.6 Å². The number of carbonyl (C=O) groups is 1. The zero-order valence-corrected chi connectivity index (χ0v) is 24.5. The van der Waals surface area contributed by atoms with Gasteiger partial charge in [0.2, 0.25) is 10.0 Å². The van der Waals surface area contributed by atoms with Crippen LogP contribution >= 0.6 is 0 Å². The number of piperazine rings is 1. The molecule has 212 valence electrons. The summed E-state index contributed by atoms with van der Waals surface area (Å²) in [6, 6.07) is 0.474. The molecule has 0 aromatic carbocycles. The smallest absolute Gasteiger partial charge is 0.257 e. The highest BCUT2D eigenvalue weighted by Gasteiger charge is 2.42. The second kappa shape index (κ2) is 11.1. The maximum absolute atomic E-state index is 13.4. The number of aromatic nitrogens is 2. The Kier molecular flexibility index (Phi) is 8.16. The van der Waals surface area contributed by atoms with E-state index in [9.17, 15) is 13.2 Å². The summed E-state index contributed by atoms with van der Waals surface area (Å²) in [6.07, 6.45) is 8.26. The molecule has 3 saturated heterocycles. The number of amides is 1. The molecular weight excluding hydrogens is 500 g/mol. The van der Waals surface area contributed by atoms with E-state index >= 15 is 0 Å². The molecule has 0 bridgehead atoms. The molecule has 0 radical (unpaired) electrons. The first-order valence-corrected chi connectivity index (χ1v) is 16.1. The Morgan fingerprint density at radius 3 is 2.29 bits per heavy atom. The van der Waals surface area contributed by atoms with E-state index in [2.05, 4.69) is 33.6 Å². The summed E-state index contributed by atoms with van der Waals surface area (Å²) < 4.78 is 26.9. The van der Waals surface area contributed by atoms with Crippen LogP contribution in [0, 0.1) is 19.8 Å². The van der Waals surface area contributed by atoms with Crippen molar-refractivity contribution >= 4 is 15.9 Å². The van der Waals surface area contributed by atoms with Gasteiger partial charge in [-0.25, -0.2) is 22.7 Å². The van der Waals surface area contributed by atoms with Crippen LogP contribution in [0.2, 0.25) is 0 Å². The zero-order valence-electron chi connectivity index (χ0n) is 23.7. The first-order chi connectivity index (χ1) is 18.1. The molecule has 1 aromatic heterocycles. The van der Waals surface area contributed by atoms with E-state index in [0.717, 1.165) is 95.6 Å². The van der Waals surface area contributed by atoms with Gasteiger partial charge in [0, 0.05) is 63.9 Å². The summed E-state index contributed by atoms with van der Waals surface area (Å²) >= 11 is 0. The molecular formula is C28H46N6O3S. The van der Waals surface area contributed by atoms with Gasteiger partial charge in [0.25, 0.3) is 5.91 Å². The highest BCUT2D eigenvalue weighted by atomic mass is 32.2. The Morgan fingerprint density at radius 1 is 0.974 bits per heavy atom. The van der Waals surface area contributed by atoms with E-state index in [0.29, 0.717) is 30.6 Å². The molecule has 0 spiro atoms. The fourth-order valence-corrected chi connectivity index (χ4v) is 8.73. The van der Waals surface area contributed by atoms with Crippen LogP contribution in [0.4, 0.5) is 0 Å². The molecule has 38 heavy (non-hydrogen) atoms. The lowest BCUT2D eigenvalue weighted by Gasteiger charge is -2.49. The normalized spacial score (nSPS) is 29.4. The maximum Gasteiger partial charge on any atom is 0.257 e. The van der Waals surface area contributed by atoms with Crippen LogP contribution in [-0.4, -0.2) is 112 Å². The van der Waals surface area contributed by atoms with Crippen molar-refractivity contribution in [3.05, 3.63) is 23.3 Å². The average molecular weight is 547 g/mol. The third-order valence-electron chi connectivity index (χ3n) is 9.69. The maximum atomic E-state index is 13.4. The third kappa shape index (κ3) is 5.78. The first-order valence-electron chi connectivity index (χ1n) is 14.6. The molecule has 1 saturated carbocycles. The summed E-state index contributed by atoms with van der Waals surface area (Å²) in [7, 11) is -3.03. The van der Waals surface area contributed by atoms with E-state index in [-0.39, 0.29) is 16.7 Å². The van der Waals surface area contributed by atoms with Gasteiger partial charge < -0.3 is 4.90 Å². The fourth-order valence-electron chi connectivity index (χ4n) is 6.85. The van der Waals surface area contributed by atoms with Crippen LogP contribution in [0.25, 0.3) is 0 Å². The van der Waals surface area contributed by atoms with Gasteiger partial charge in [-0.1, -0.05) is 0 Å². The van der Waals surface area contributed by atoms with Crippen molar-refractivity contribution in [3.63, 3.8) is 0 Å². The number of nitrogens with zero attached hydrogens (tertiary/aromatic N) is 6. The van der Waals surface area contributed by atoms with E-state index in [4.69, 9.17) is 0 Å². The van der Waals surface area contributed by atoms with Crippen LogP contribution in [0.3, 0.4) is 0 Å². The first kappa shape index (κ1) is 27.9.